The number of nitrogens with one attached hydrogen (secondary N) is 3. The van der Waals surface area contributed by atoms with Crippen molar-refractivity contribution in [2.75, 3.05) is 26.7 Å². The molecule has 1 unspecified atom stereocenters. The van der Waals surface area contributed by atoms with E-state index < -0.39 is 0 Å². The molecular formula is C18H26N4O2. The molecule has 3 N–H and O–H groups in total. The highest BCUT2D eigenvalue weighted by Crippen LogP contribution is 2.17. The molecule has 130 valence electrons. The van der Waals surface area contributed by atoms with Crippen LogP contribution in [0.5, 0.6) is 0 Å². The number of methoxy groups -OCH3 is 1. The number of hydrogen-bond acceptors (Lipinski definition) is 3. The van der Waals surface area contributed by atoms with Gasteiger partial charge in [0.25, 0.3) is 0 Å². The number of nitrogens with zero attached hydrogens (tertiary/aromatic N) is 1. The quantitative estimate of drug-likeness (QED) is 0.413. The number of rotatable bonds is 7. The van der Waals surface area contributed by atoms with Gasteiger partial charge in [-0.2, -0.15) is 0 Å². The summed E-state index contributed by atoms with van der Waals surface area (Å²) < 4.78 is 4.72. The van der Waals surface area contributed by atoms with Crippen LogP contribution in [-0.2, 0) is 16.0 Å². The van der Waals surface area contributed by atoms with Crippen molar-refractivity contribution in [3.05, 3.63) is 36.0 Å². The van der Waals surface area contributed by atoms with Crippen LogP contribution in [0.25, 0.3) is 10.9 Å². The van der Waals surface area contributed by atoms with Crippen molar-refractivity contribution in [2.45, 2.75) is 20.3 Å². The summed E-state index contributed by atoms with van der Waals surface area (Å²) in [5, 5.41) is 7.75. The van der Waals surface area contributed by atoms with Crippen LogP contribution in [0.15, 0.2) is 35.5 Å². The van der Waals surface area contributed by atoms with Crippen molar-refractivity contribution in [3.8, 4) is 0 Å². The first-order valence-electron chi connectivity index (χ1n) is 8.30. The number of guanidine groups is 1. The van der Waals surface area contributed by atoms with Crippen LogP contribution in [0.2, 0.25) is 0 Å². The van der Waals surface area contributed by atoms with E-state index in [4.69, 9.17) is 4.74 Å². The lowest BCUT2D eigenvalue weighted by molar-refractivity contribution is -0.144. The molecular weight excluding hydrogens is 304 g/mol. The van der Waals surface area contributed by atoms with Gasteiger partial charge in [-0.25, -0.2) is 0 Å². The molecule has 2 aromatic rings. The predicted molar refractivity (Wildman–Crippen MR) is 97.2 cm³/mol. The number of para-hydroxylation sites is 1. The summed E-state index contributed by atoms with van der Waals surface area (Å²) in [6.07, 6.45) is 2.94. The summed E-state index contributed by atoms with van der Waals surface area (Å²) in [4.78, 5) is 19.2. The van der Waals surface area contributed by atoms with Crippen molar-refractivity contribution in [1.29, 1.82) is 0 Å². The van der Waals surface area contributed by atoms with Crippen molar-refractivity contribution in [3.63, 3.8) is 0 Å². The Morgan fingerprint density at radius 2 is 2.12 bits per heavy atom. The number of aliphatic imine (C=N–C) groups is 1. The highest BCUT2D eigenvalue weighted by Gasteiger charge is 2.12. The summed E-state index contributed by atoms with van der Waals surface area (Å²) in [7, 11) is 1.40. The predicted octanol–water partition coefficient (Wildman–Crippen LogP) is 2.07. The van der Waals surface area contributed by atoms with Gasteiger partial charge in [0, 0.05) is 30.2 Å². The second-order valence-electron chi connectivity index (χ2n) is 5.68. The van der Waals surface area contributed by atoms with E-state index in [1.807, 2.05) is 26.0 Å². The molecule has 1 aromatic carbocycles. The molecule has 6 nitrogen and oxygen atoms in total. The second-order valence-corrected chi connectivity index (χ2v) is 5.68. The third kappa shape index (κ3) is 4.75. The van der Waals surface area contributed by atoms with E-state index in [-0.39, 0.29) is 11.9 Å². The number of carbonyl (C=O) groups is 1. The van der Waals surface area contributed by atoms with Gasteiger partial charge < -0.3 is 20.4 Å². The zero-order valence-corrected chi connectivity index (χ0v) is 14.6. The maximum absolute atomic E-state index is 11.4. The fourth-order valence-corrected chi connectivity index (χ4v) is 2.50. The summed E-state index contributed by atoms with van der Waals surface area (Å²) in [5.74, 6) is 0.223. The van der Waals surface area contributed by atoms with E-state index in [1.165, 1.54) is 18.1 Å². The van der Waals surface area contributed by atoms with Crippen LogP contribution in [-0.4, -0.2) is 43.7 Å². The molecule has 1 atom stereocenters. The van der Waals surface area contributed by atoms with Crippen molar-refractivity contribution in [1.82, 2.24) is 15.6 Å². The van der Waals surface area contributed by atoms with Gasteiger partial charge in [0.05, 0.1) is 19.6 Å². The number of aromatic amines is 1. The molecule has 1 heterocycles. The van der Waals surface area contributed by atoms with Gasteiger partial charge in [-0.15, -0.1) is 0 Å². The second kappa shape index (κ2) is 8.96. The molecule has 0 saturated heterocycles. The Bertz CT molecular complexity index is 693. The van der Waals surface area contributed by atoms with E-state index >= 15 is 0 Å². The smallest absolute Gasteiger partial charge is 0.310 e. The van der Waals surface area contributed by atoms with Gasteiger partial charge in [-0.1, -0.05) is 25.1 Å². The maximum Gasteiger partial charge on any atom is 0.310 e. The van der Waals surface area contributed by atoms with Crippen LogP contribution in [0.1, 0.15) is 19.4 Å². The molecule has 0 saturated carbocycles. The maximum atomic E-state index is 11.4. The fraction of sp³-hybridized carbons (Fsp3) is 0.444. The third-order valence-electron chi connectivity index (χ3n) is 3.83. The summed E-state index contributed by atoms with van der Waals surface area (Å²) in [6, 6.07) is 8.27. The summed E-state index contributed by atoms with van der Waals surface area (Å²) in [6.45, 7) is 5.76. The molecule has 1 aromatic heterocycles. The minimum Gasteiger partial charge on any atom is -0.469 e. The normalized spacial score (nSPS) is 12.9. The van der Waals surface area contributed by atoms with Crippen LogP contribution >= 0.6 is 0 Å². The molecule has 0 bridgehead atoms. The van der Waals surface area contributed by atoms with E-state index in [0.29, 0.717) is 12.5 Å². The zero-order chi connectivity index (χ0) is 17.4. The van der Waals surface area contributed by atoms with Gasteiger partial charge >= 0.3 is 5.97 Å². The molecule has 24 heavy (non-hydrogen) atoms. The zero-order valence-electron chi connectivity index (χ0n) is 14.6. The van der Waals surface area contributed by atoms with Crippen molar-refractivity contribution < 1.29 is 9.53 Å². The average Bonchev–Trinajstić information content (AvgIpc) is 3.02. The van der Waals surface area contributed by atoms with Crippen LogP contribution in [0, 0.1) is 5.92 Å². The molecule has 0 aliphatic carbocycles. The monoisotopic (exact) mass is 330 g/mol. The molecule has 0 aliphatic heterocycles. The Hall–Kier alpha value is -2.50. The van der Waals surface area contributed by atoms with Gasteiger partial charge in [0.1, 0.15) is 0 Å². The van der Waals surface area contributed by atoms with E-state index in [0.717, 1.165) is 25.0 Å². The average molecular weight is 330 g/mol. The lowest BCUT2D eigenvalue weighted by Gasteiger charge is -2.12. The molecule has 0 aliphatic rings. The summed E-state index contributed by atoms with van der Waals surface area (Å²) in [5.41, 5.74) is 2.43. The largest absolute Gasteiger partial charge is 0.469 e. The van der Waals surface area contributed by atoms with Gasteiger partial charge in [-0.05, 0) is 25.0 Å². The van der Waals surface area contributed by atoms with E-state index in [9.17, 15) is 4.79 Å². The highest BCUT2D eigenvalue weighted by atomic mass is 16.5. The number of carbonyl (C=O) groups excluding carboxylic acids is 1. The van der Waals surface area contributed by atoms with Gasteiger partial charge in [-0.3, -0.25) is 9.79 Å². The first kappa shape index (κ1) is 17.8. The first-order chi connectivity index (χ1) is 11.7. The van der Waals surface area contributed by atoms with Crippen LogP contribution in [0.3, 0.4) is 0 Å². The molecule has 2 rings (SSSR count). The Morgan fingerprint density at radius 3 is 2.88 bits per heavy atom. The third-order valence-corrected chi connectivity index (χ3v) is 3.83. The Morgan fingerprint density at radius 1 is 1.33 bits per heavy atom. The molecule has 0 fully saturated rings. The number of ether oxygens (including phenoxy) is 1. The molecule has 0 radical (unpaired) electrons. The first-order valence-corrected chi connectivity index (χ1v) is 8.30. The van der Waals surface area contributed by atoms with Crippen LogP contribution in [0.4, 0.5) is 0 Å². The minimum atomic E-state index is -0.251. The number of H-pyrrole nitrogens is 1. The Balaban J connectivity index is 1.90. The molecule has 0 amide bonds. The topological polar surface area (TPSA) is 78.5 Å². The highest BCUT2D eigenvalue weighted by molar-refractivity contribution is 5.83. The standard InChI is InChI=1S/C18H26N4O2/c1-4-19-18(22-11-13(2)17(23)24-3)20-10-9-14-12-21-16-8-6-5-7-15(14)16/h5-8,12-13,21H,4,9-11H2,1-3H3,(H2,19,20,22). The number of fused-ring (bicyclic) bond motifs is 1. The summed E-state index contributed by atoms with van der Waals surface area (Å²) >= 11 is 0. The minimum absolute atomic E-state index is 0.242. The van der Waals surface area contributed by atoms with E-state index in [2.05, 4.69) is 38.9 Å². The van der Waals surface area contributed by atoms with Gasteiger partial charge in [0.2, 0.25) is 0 Å². The van der Waals surface area contributed by atoms with Crippen molar-refractivity contribution in [2.24, 2.45) is 10.9 Å². The number of benzene rings is 1. The number of aromatic nitrogens is 1. The number of esters is 1. The molecule has 0 spiro atoms. The molecule has 6 heteroatoms. The lowest BCUT2D eigenvalue weighted by Crippen LogP contribution is -2.38. The SMILES string of the molecule is CCNC(=NCC(C)C(=O)OC)NCCc1c[nH]c2ccccc12. The fourth-order valence-electron chi connectivity index (χ4n) is 2.50. The lowest BCUT2D eigenvalue weighted by atomic mass is 10.1. The Kier molecular flexibility index (Phi) is 6.66. The number of hydrogen-bond donors (Lipinski definition) is 3. The van der Waals surface area contributed by atoms with Crippen LogP contribution < -0.4 is 10.6 Å². The van der Waals surface area contributed by atoms with Crippen molar-refractivity contribution >= 4 is 22.8 Å². The van der Waals surface area contributed by atoms with Gasteiger partial charge in [0.15, 0.2) is 5.96 Å². The van der Waals surface area contributed by atoms with E-state index in [1.54, 1.807) is 0 Å². The Labute approximate surface area is 142 Å².